The Morgan fingerprint density at radius 1 is 1.07 bits per heavy atom. The number of fused-ring (bicyclic) bond motifs is 1. The number of nitro groups is 1. The molecule has 29 heavy (non-hydrogen) atoms. The molecular weight excluding hydrogens is 370 g/mol. The second-order valence-electron chi connectivity index (χ2n) is 6.55. The van der Waals surface area contributed by atoms with Crippen LogP contribution in [0.5, 0.6) is 11.5 Å². The standard InChI is InChI=1S/C22H17N3O4/c1-14-6-9-16(10-7-14)29-21-5-3-2-4-20(21)24-22(26)18-13-23-19-11-8-15(25(27)28)12-17(18)19/h2-13,23H,1H3,(H,24,26). The van der Waals surface area contributed by atoms with Crippen molar-refractivity contribution in [2.75, 3.05) is 5.32 Å². The zero-order valence-corrected chi connectivity index (χ0v) is 15.5. The number of H-pyrrole nitrogens is 1. The maximum Gasteiger partial charge on any atom is 0.270 e. The first kappa shape index (κ1) is 18.2. The van der Waals surface area contributed by atoms with Gasteiger partial charge in [0.1, 0.15) is 5.75 Å². The molecule has 0 saturated heterocycles. The van der Waals surface area contributed by atoms with E-state index >= 15 is 0 Å². The summed E-state index contributed by atoms with van der Waals surface area (Å²) in [6, 6.07) is 19.0. The normalized spacial score (nSPS) is 10.7. The number of hydrogen-bond acceptors (Lipinski definition) is 4. The molecule has 0 unspecified atom stereocenters. The first-order valence-electron chi connectivity index (χ1n) is 8.92. The van der Waals surface area contributed by atoms with Crippen LogP contribution in [-0.4, -0.2) is 15.8 Å². The molecule has 0 aliphatic heterocycles. The van der Waals surface area contributed by atoms with Crippen molar-refractivity contribution in [3.8, 4) is 11.5 Å². The number of benzene rings is 3. The Morgan fingerprint density at radius 2 is 1.83 bits per heavy atom. The minimum atomic E-state index is -0.487. The van der Waals surface area contributed by atoms with Crippen LogP contribution in [0.3, 0.4) is 0 Å². The lowest BCUT2D eigenvalue weighted by atomic mass is 10.1. The number of ether oxygens (including phenoxy) is 1. The molecule has 4 aromatic rings. The van der Waals surface area contributed by atoms with Gasteiger partial charge in [-0.2, -0.15) is 0 Å². The van der Waals surface area contributed by atoms with E-state index in [1.807, 2.05) is 37.3 Å². The van der Waals surface area contributed by atoms with Gasteiger partial charge in [0, 0.05) is 29.2 Å². The van der Waals surface area contributed by atoms with Crippen LogP contribution in [0.15, 0.2) is 72.9 Å². The SMILES string of the molecule is Cc1ccc(Oc2ccccc2NC(=O)c2c[nH]c3ccc([N+](=O)[O-])cc23)cc1. The predicted octanol–water partition coefficient (Wildman–Crippen LogP) is 5.43. The van der Waals surface area contributed by atoms with E-state index in [-0.39, 0.29) is 5.69 Å². The second-order valence-corrected chi connectivity index (χ2v) is 6.55. The largest absolute Gasteiger partial charge is 0.455 e. The van der Waals surface area contributed by atoms with Crippen LogP contribution in [0.4, 0.5) is 11.4 Å². The number of nitro benzene ring substituents is 1. The number of aromatic amines is 1. The topological polar surface area (TPSA) is 97.3 Å². The number of nitrogens with zero attached hydrogens (tertiary/aromatic N) is 1. The number of non-ortho nitro benzene ring substituents is 1. The number of para-hydroxylation sites is 2. The Labute approximate surface area is 166 Å². The number of nitrogens with one attached hydrogen (secondary N) is 2. The number of amides is 1. The summed E-state index contributed by atoms with van der Waals surface area (Å²) < 4.78 is 5.91. The number of hydrogen-bond donors (Lipinski definition) is 2. The lowest BCUT2D eigenvalue weighted by molar-refractivity contribution is -0.384. The van der Waals surface area contributed by atoms with Gasteiger partial charge in [0.15, 0.2) is 5.75 Å². The molecule has 0 atom stereocenters. The van der Waals surface area contributed by atoms with Crippen molar-refractivity contribution in [2.45, 2.75) is 6.92 Å². The molecule has 4 rings (SSSR count). The zero-order chi connectivity index (χ0) is 20.4. The third kappa shape index (κ3) is 3.79. The van der Waals surface area contributed by atoms with Gasteiger partial charge in [-0.3, -0.25) is 14.9 Å². The van der Waals surface area contributed by atoms with Gasteiger partial charge in [-0.15, -0.1) is 0 Å². The van der Waals surface area contributed by atoms with Gasteiger partial charge in [0.25, 0.3) is 11.6 Å². The monoisotopic (exact) mass is 387 g/mol. The fourth-order valence-electron chi connectivity index (χ4n) is 2.99. The average molecular weight is 387 g/mol. The van der Waals surface area contributed by atoms with E-state index in [2.05, 4.69) is 10.3 Å². The van der Waals surface area contributed by atoms with Crippen LogP contribution >= 0.6 is 0 Å². The van der Waals surface area contributed by atoms with Crippen LogP contribution in [0.1, 0.15) is 15.9 Å². The number of aryl methyl sites for hydroxylation is 1. The summed E-state index contributed by atoms with van der Waals surface area (Å²) in [7, 11) is 0. The van der Waals surface area contributed by atoms with Gasteiger partial charge >= 0.3 is 0 Å². The summed E-state index contributed by atoms with van der Waals surface area (Å²) in [5.74, 6) is 0.757. The van der Waals surface area contributed by atoms with Crippen molar-refractivity contribution in [1.29, 1.82) is 0 Å². The lowest BCUT2D eigenvalue weighted by Crippen LogP contribution is -2.12. The minimum Gasteiger partial charge on any atom is -0.455 e. The van der Waals surface area contributed by atoms with E-state index in [0.717, 1.165) is 5.56 Å². The van der Waals surface area contributed by atoms with Crippen LogP contribution < -0.4 is 10.1 Å². The smallest absolute Gasteiger partial charge is 0.270 e. The van der Waals surface area contributed by atoms with Crippen molar-refractivity contribution < 1.29 is 14.5 Å². The molecular formula is C22H17N3O4. The highest BCUT2D eigenvalue weighted by Gasteiger charge is 2.17. The van der Waals surface area contributed by atoms with Crippen LogP contribution in [0.25, 0.3) is 10.9 Å². The van der Waals surface area contributed by atoms with Crippen molar-refractivity contribution in [3.63, 3.8) is 0 Å². The molecule has 1 aromatic heterocycles. The van der Waals surface area contributed by atoms with Crippen molar-refractivity contribution >= 4 is 28.2 Å². The Morgan fingerprint density at radius 3 is 2.59 bits per heavy atom. The summed E-state index contributed by atoms with van der Waals surface area (Å²) in [6.45, 7) is 1.99. The Kier molecular flexibility index (Phi) is 4.70. The summed E-state index contributed by atoms with van der Waals surface area (Å²) in [4.78, 5) is 26.4. The van der Waals surface area contributed by atoms with E-state index in [4.69, 9.17) is 4.74 Å². The molecule has 0 bridgehead atoms. The van der Waals surface area contributed by atoms with Crippen LogP contribution in [0.2, 0.25) is 0 Å². The molecule has 0 spiro atoms. The van der Waals surface area contributed by atoms with Gasteiger partial charge in [-0.05, 0) is 37.3 Å². The highest BCUT2D eigenvalue weighted by atomic mass is 16.6. The molecule has 1 amide bonds. The highest BCUT2D eigenvalue weighted by molar-refractivity contribution is 6.13. The van der Waals surface area contributed by atoms with Crippen molar-refractivity contribution in [1.82, 2.24) is 4.98 Å². The number of anilines is 1. The van der Waals surface area contributed by atoms with Crippen LogP contribution in [0, 0.1) is 17.0 Å². The predicted molar refractivity (Wildman–Crippen MR) is 111 cm³/mol. The summed E-state index contributed by atoms with van der Waals surface area (Å²) in [5, 5.41) is 14.4. The quantitative estimate of drug-likeness (QED) is 0.352. The van der Waals surface area contributed by atoms with E-state index in [1.165, 1.54) is 18.3 Å². The molecule has 3 aromatic carbocycles. The van der Waals surface area contributed by atoms with Gasteiger partial charge in [0.2, 0.25) is 0 Å². The fraction of sp³-hybridized carbons (Fsp3) is 0.0455. The van der Waals surface area contributed by atoms with Gasteiger partial charge in [0.05, 0.1) is 16.2 Å². The van der Waals surface area contributed by atoms with E-state index in [1.54, 1.807) is 24.3 Å². The van der Waals surface area contributed by atoms with Crippen molar-refractivity contribution in [3.05, 3.63) is 94.2 Å². The Bertz CT molecular complexity index is 1210. The lowest BCUT2D eigenvalue weighted by Gasteiger charge is -2.12. The molecule has 7 heteroatoms. The highest BCUT2D eigenvalue weighted by Crippen LogP contribution is 2.31. The summed E-state index contributed by atoms with van der Waals surface area (Å²) in [5.41, 5.74) is 2.50. The molecule has 0 aliphatic carbocycles. The third-order valence-corrected chi connectivity index (χ3v) is 4.50. The molecule has 0 saturated carbocycles. The van der Waals surface area contributed by atoms with E-state index in [0.29, 0.717) is 33.7 Å². The van der Waals surface area contributed by atoms with Gasteiger partial charge in [-0.1, -0.05) is 29.8 Å². The molecule has 7 nitrogen and oxygen atoms in total. The van der Waals surface area contributed by atoms with Gasteiger partial charge in [-0.25, -0.2) is 0 Å². The van der Waals surface area contributed by atoms with Gasteiger partial charge < -0.3 is 15.0 Å². The molecule has 0 fully saturated rings. The first-order chi connectivity index (χ1) is 14.0. The van der Waals surface area contributed by atoms with Crippen molar-refractivity contribution in [2.24, 2.45) is 0 Å². The molecule has 1 heterocycles. The summed E-state index contributed by atoms with van der Waals surface area (Å²) in [6.07, 6.45) is 1.53. The Hall–Kier alpha value is -4.13. The maximum atomic E-state index is 12.9. The Balaban J connectivity index is 1.62. The third-order valence-electron chi connectivity index (χ3n) is 4.50. The van der Waals surface area contributed by atoms with E-state index in [9.17, 15) is 14.9 Å². The fourth-order valence-corrected chi connectivity index (χ4v) is 2.99. The maximum absolute atomic E-state index is 12.9. The molecule has 2 N–H and O–H groups in total. The minimum absolute atomic E-state index is 0.0748. The molecule has 144 valence electrons. The van der Waals surface area contributed by atoms with Crippen LogP contribution in [-0.2, 0) is 0 Å². The van der Waals surface area contributed by atoms with E-state index < -0.39 is 10.8 Å². The summed E-state index contributed by atoms with van der Waals surface area (Å²) >= 11 is 0. The second kappa shape index (κ2) is 7.47. The number of carbonyl (C=O) groups excluding carboxylic acids is 1. The first-order valence-corrected chi connectivity index (χ1v) is 8.92. The number of aromatic nitrogens is 1. The number of rotatable bonds is 5. The average Bonchev–Trinajstić information content (AvgIpc) is 3.14. The zero-order valence-electron chi connectivity index (χ0n) is 15.5. The molecule has 0 aliphatic rings. The molecule has 0 radical (unpaired) electrons. The number of carbonyl (C=O) groups is 1.